The summed E-state index contributed by atoms with van der Waals surface area (Å²) < 4.78 is 12.0. The number of rotatable bonds is 3. The average molecular weight is 316 g/mol. The van der Waals surface area contributed by atoms with Gasteiger partial charge in [0.25, 0.3) is 0 Å². The molecule has 2 rings (SSSR count). The molecule has 1 heterocycles. The highest BCUT2D eigenvalue weighted by Gasteiger charge is 2.16. The van der Waals surface area contributed by atoms with E-state index in [9.17, 15) is 0 Å². The number of nitrogens with one attached hydrogen (secondary N) is 1. The maximum Gasteiger partial charge on any atom is 0.175 e. The third-order valence-corrected chi connectivity index (χ3v) is 2.90. The molecule has 0 unspecified atom stereocenters. The normalized spacial score (nSPS) is 14.7. The van der Waals surface area contributed by atoms with E-state index in [-0.39, 0.29) is 5.60 Å². The van der Waals surface area contributed by atoms with Crippen molar-refractivity contribution < 1.29 is 14.3 Å². The van der Waals surface area contributed by atoms with Crippen molar-refractivity contribution in [2.45, 2.75) is 32.9 Å². The largest absolute Gasteiger partial charge is 0.486 e. The van der Waals surface area contributed by atoms with Crippen LogP contribution in [0, 0.1) is 0 Å². The second-order valence-electron chi connectivity index (χ2n) is 5.14. The first-order valence-electron chi connectivity index (χ1n) is 5.94. The molecule has 0 atom stereocenters. The Kier molecular flexibility index (Phi) is 4.14. The Balaban J connectivity index is 2.03. The van der Waals surface area contributed by atoms with Crippen LogP contribution in [0.15, 0.2) is 16.6 Å². The molecule has 0 saturated carbocycles. The van der Waals surface area contributed by atoms with Gasteiger partial charge in [0.2, 0.25) is 0 Å². The number of fused-ring (bicyclic) bond motifs is 1. The molecule has 0 fully saturated rings. The SMILES string of the molecule is CC(C)(C)ONCc1cc(Br)c2c(c1)OCCO2. The van der Waals surface area contributed by atoms with Gasteiger partial charge in [0, 0.05) is 6.54 Å². The van der Waals surface area contributed by atoms with Crippen LogP contribution in [0.4, 0.5) is 0 Å². The summed E-state index contributed by atoms with van der Waals surface area (Å²) in [6.45, 7) is 7.80. The lowest BCUT2D eigenvalue weighted by molar-refractivity contribution is -0.0757. The van der Waals surface area contributed by atoms with Crippen molar-refractivity contribution in [1.82, 2.24) is 5.48 Å². The standard InChI is InChI=1S/C13H18BrNO3/c1-13(2,3)18-15-8-9-6-10(14)12-11(7-9)16-4-5-17-12/h6-7,15H,4-5,8H2,1-3H3. The van der Waals surface area contributed by atoms with Crippen molar-refractivity contribution in [1.29, 1.82) is 0 Å². The van der Waals surface area contributed by atoms with E-state index in [0.29, 0.717) is 19.8 Å². The van der Waals surface area contributed by atoms with Crippen LogP contribution in [0.3, 0.4) is 0 Å². The van der Waals surface area contributed by atoms with Crippen LogP contribution >= 0.6 is 15.9 Å². The molecule has 100 valence electrons. The number of halogens is 1. The van der Waals surface area contributed by atoms with Crippen LogP contribution in [-0.4, -0.2) is 18.8 Å². The molecule has 18 heavy (non-hydrogen) atoms. The Bertz CT molecular complexity index is 429. The predicted octanol–water partition coefficient (Wildman–Crippen LogP) is 3.04. The zero-order chi connectivity index (χ0) is 13.2. The Hall–Kier alpha value is -0.780. The first-order chi connectivity index (χ1) is 8.46. The van der Waals surface area contributed by atoms with E-state index in [4.69, 9.17) is 14.3 Å². The minimum Gasteiger partial charge on any atom is -0.486 e. The number of hydroxylamine groups is 1. The monoisotopic (exact) mass is 315 g/mol. The minimum absolute atomic E-state index is 0.203. The van der Waals surface area contributed by atoms with Gasteiger partial charge in [0.05, 0.1) is 10.1 Å². The van der Waals surface area contributed by atoms with E-state index in [1.807, 2.05) is 32.9 Å². The predicted molar refractivity (Wildman–Crippen MR) is 72.8 cm³/mol. The van der Waals surface area contributed by atoms with Gasteiger partial charge in [0.15, 0.2) is 11.5 Å². The molecule has 5 heteroatoms. The maximum absolute atomic E-state index is 5.57. The molecular formula is C13H18BrNO3. The molecule has 4 nitrogen and oxygen atoms in total. The van der Waals surface area contributed by atoms with Crippen LogP contribution < -0.4 is 15.0 Å². The van der Waals surface area contributed by atoms with Crippen LogP contribution in [0.2, 0.25) is 0 Å². The quantitative estimate of drug-likeness (QED) is 0.870. The van der Waals surface area contributed by atoms with Crippen LogP contribution in [0.5, 0.6) is 11.5 Å². The summed E-state index contributed by atoms with van der Waals surface area (Å²) in [6, 6.07) is 3.98. The molecule has 0 aliphatic carbocycles. The van der Waals surface area contributed by atoms with E-state index >= 15 is 0 Å². The van der Waals surface area contributed by atoms with E-state index in [1.165, 1.54) is 0 Å². The first-order valence-corrected chi connectivity index (χ1v) is 6.74. The highest BCUT2D eigenvalue weighted by atomic mass is 79.9. The molecule has 1 aliphatic rings. The van der Waals surface area contributed by atoms with Gasteiger partial charge in [-0.15, -0.1) is 0 Å². The smallest absolute Gasteiger partial charge is 0.175 e. The molecule has 0 aromatic heterocycles. The molecule has 0 amide bonds. The van der Waals surface area contributed by atoms with E-state index in [2.05, 4.69) is 21.4 Å². The maximum atomic E-state index is 5.57. The highest BCUT2D eigenvalue weighted by molar-refractivity contribution is 9.10. The molecule has 1 aromatic rings. The summed E-state index contributed by atoms with van der Waals surface area (Å²) >= 11 is 3.49. The summed E-state index contributed by atoms with van der Waals surface area (Å²) in [5.74, 6) is 1.56. The molecule has 0 bridgehead atoms. The summed E-state index contributed by atoms with van der Waals surface area (Å²) in [4.78, 5) is 5.48. The van der Waals surface area contributed by atoms with Crippen molar-refractivity contribution >= 4 is 15.9 Å². The molecule has 1 aromatic carbocycles. The second kappa shape index (κ2) is 5.47. The molecular weight excluding hydrogens is 298 g/mol. The zero-order valence-electron chi connectivity index (χ0n) is 10.9. The Morgan fingerprint density at radius 1 is 1.28 bits per heavy atom. The Morgan fingerprint density at radius 3 is 2.72 bits per heavy atom. The van der Waals surface area contributed by atoms with Crippen molar-refractivity contribution in [2.24, 2.45) is 0 Å². The number of hydrogen-bond donors (Lipinski definition) is 1. The number of ether oxygens (including phenoxy) is 2. The van der Waals surface area contributed by atoms with E-state index in [1.54, 1.807) is 0 Å². The molecule has 0 radical (unpaired) electrons. The molecule has 1 aliphatic heterocycles. The van der Waals surface area contributed by atoms with Gasteiger partial charge in [-0.3, -0.25) is 4.84 Å². The van der Waals surface area contributed by atoms with Gasteiger partial charge in [-0.1, -0.05) is 0 Å². The van der Waals surface area contributed by atoms with Crippen molar-refractivity contribution in [3.05, 3.63) is 22.2 Å². The number of benzene rings is 1. The van der Waals surface area contributed by atoms with E-state index < -0.39 is 0 Å². The Morgan fingerprint density at radius 2 is 2.00 bits per heavy atom. The molecule has 0 saturated heterocycles. The van der Waals surface area contributed by atoms with Crippen molar-refractivity contribution in [2.75, 3.05) is 13.2 Å². The minimum atomic E-state index is -0.203. The Labute approximate surface area is 116 Å². The van der Waals surface area contributed by atoms with Crippen LogP contribution in [0.1, 0.15) is 26.3 Å². The third kappa shape index (κ3) is 3.60. The lowest BCUT2D eigenvalue weighted by Crippen LogP contribution is -2.28. The van der Waals surface area contributed by atoms with Crippen LogP contribution in [0.25, 0.3) is 0 Å². The van der Waals surface area contributed by atoms with Gasteiger partial charge in [-0.25, -0.2) is 0 Å². The second-order valence-corrected chi connectivity index (χ2v) is 5.99. The zero-order valence-corrected chi connectivity index (χ0v) is 12.5. The topological polar surface area (TPSA) is 39.7 Å². The van der Waals surface area contributed by atoms with Gasteiger partial charge in [0.1, 0.15) is 13.2 Å². The fraction of sp³-hybridized carbons (Fsp3) is 0.538. The summed E-state index contributed by atoms with van der Waals surface area (Å²) in [5, 5.41) is 0. The highest BCUT2D eigenvalue weighted by Crippen LogP contribution is 2.38. The average Bonchev–Trinajstić information content (AvgIpc) is 2.27. The fourth-order valence-electron chi connectivity index (χ4n) is 1.60. The molecule has 1 N–H and O–H groups in total. The first kappa shape index (κ1) is 13.6. The van der Waals surface area contributed by atoms with Crippen molar-refractivity contribution in [3.8, 4) is 11.5 Å². The third-order valence-electron chi connectivity index (χ3n) is 2.31. The van der Waals surface area contributed by atoms with E-state index in [0.717, 1.165) is 21.5 Å². The van der Waals surface area contributed by atoms with Gasteiger partial charge >= 0.3 is 0 Å². The van der Waals surface area contributed by atoms with Crippen molar-refractivity contribution in [3.63, 3.8) is 0 Å². The molecule has 0 spiro atoms. The summed E-state index contributed by atoms with van der Waals surface area (Å²) in [5.41, 5.74) is 3.83. The van der Waals surface area contributed by atoms with Gasteiger partial charge in [-0.05, 0) is 54.4 Å². The lowest BCUT2D eigenvalue weighted by Gasteiger charge is -2.22. The van der Waals surface area contributed by atoms with Crippen LogP contribution in [-0.2, 0) is 11.4 Å². The lowest BCUT2D eigenvalue weighted by atomic mass is 10.2. The van der Waals surface area contributed by atoms with Gasteiger partial charge in [-0.2, -0.15) is 5.48 Å². The fourth-order valence-corrected chi connectivity index (χ4v) is 2.21. The number of hydrogen-bond acceptors (Lipinski definition) is 4. The van der Waals surface area contributed by atoms with Gasteiger partial charge < -0.3 is 9.47 Å². The summed E-state index contributed by atoms with van der Waals surface area (Å²) in [7, 11) is 0. The summed E-state index contributed by atoms with van der Waals surface area (Å²) in [6.07, 6.45) is 0.